The quantitative estimate of drug-likeness (QED) is 0.764. The molecule has 0 unspecified atom stereocenters. The molecule has 7 nitrogen and oxygen atoms in total. The van der Waals surface area contributed by atoms with Crippen molar-refractivity contribution in [2.45, 2.75) is 45.8 Å². The predicted octanol–water partition coefficient (Wildman–Crippen LogP) is 2.77. The maximum absolute atomic E-state index is 13.6. The maximum atomic E-state index is 13.6. The summed E-state index contributed by atoms with van der Waals surface area (Å²) in [6.07, 6.45) is -0.537. The summed E-state index contributed by atoms with van der Waals surface area (Å²) in [5, 5.41) is 13.8. The lowest BCUT2D eigenvalue weighted by molar-refractivity contribution is -0.118. The van der Waals surface area contributed by atoms with Crippen molar-refractivity contribution in [3.05, 3.63) is 29.6 Å². The molecule has 0 aliphatic rings. The van der Waals surface area contributed by atoms with E-state index in [0.717, 1.165) is 6.07 Å². The van der Waals surface area contributed by atoms with Crippen molar-refractivity contribution in [1.82, 2.24) is 5.32 Å². The van der Waals surface area contributed by atoms with E-state index in [1.807, 2.05) is 0 Å². The molecule has 1 atom stereocenters. The van der Waals surface area contributed by atoms with Crippen LogP contribution in [-0.4, -0.2) is 34.7 Å². The molecule has 1 aromatic carbocycles. The SMILES string of the molecule is CC[C@H](NC(=O)OC(C)(C)C)C(=O)Nc1cccc(F)c1C(=O)O. The first-order valence-corrected chi connectivity index (χ1v) is 7.37. The third-order valence-electron chi connectivity index (χ3n) is 2.90. The van der Waals surface area contributed by atoms with E-state index < -0.39 is 41.0 Å². The Balaban J connectivity index is 2.88. The number of carbonyl (C=O) groups is 3. The number of anilines is 1. The van der Waals surface area contributed by atoms with Gasteiger partial charge < -0.3 is 20.5 Å². The fourth-order valence-electron chi connectivity index (χ4n) is 1.87. The van der Waals surface area contributed by atoms with Crippen molar-refractivity contribution >= 4 is 23.7 Å². The zero-order valence-electron chi connectivity index (χ0n) is 14.0. The molecule has 0 saturated carbocycles. The number of hydrogen-bond acceptors (Lipinski definition) is 4. The summed E-state index contributed by atoms with van der Waals surface area (Å²) in [6, 6.07) is 2.57. The highest BCUT2D eigenvalue weighted by Gasteiger charge is 2.25. The number of benzene rings is 1. The Morgan fingerprint density at radius 1 is 1.29 bits per heavy atom. The number of aromatic carboxylic acids is 1. The number of halogens is 1. The summed E-state index contributed by atoms with van der Waals surface area (Å²) in [7, 11) is 0. The summed E-state index contributed by atoms with van der Waals surface area (Å²) in [5.74, 6) is -3.14. The summed E-state index contributed by atoms with van der Waals surface area (Å²) >= 11 is 0. The number of alkyl carbamates (subject to hydrolysis) is 1. The average Bonchev–Trinajstić information content (AvgIpc) is 2.42. The highest BCUT2D eigenvalue weighted by atomic mass is 19.1. The number of carboxylic acids is 1. The lowest BCUT2D eigenvalue weighted by Crippen LogP contribution is -2.45. The number of carbonyl (C=O) groups excluding carboxylic acids is 2. The molecule has 0 radical (unpaired) electrons. The van der Waals surface area contributed by atoms with E-state index in [2.05, 4.69) is 10.6 Å². The number of carboxylic acid groups (broad SMARTS) is 1. The summed E-state index contributed by atoms with van der Waals surface area (Å²) in [4.78, 5) is 35.1. The molecule has 0 spiro atoms. The van der Waals surface area contributed by atoms with Crippen LogP contribution in [0.3, 0.4) is 0 Å². The number of hydrogen-bond donors (Lipinski definition) is 3. The van der Waals surface area contributed by atoms with E-state index in [9.17, 15) is 18.8 Å². The Hall–Kier alpha value is -2.64. The van der Waals surface area contributed by atoms with Crippen LogP contribution in [0.15, 0.2) is 18.2 Å². The van der Waals surface area contributed by atoms with Gasteiger partial charge in [0.25, 0.3) is 0 Å². The third kappa shape index (κ3) is 5.53. The second kappa shape index (κ2) is 7.76. The molecule has 1 aromatic rings. The fraction of sp³-hybridized carbons (Fsp3) is 0.438. The van der Waals surface area contributed by atoms with Crippen LogP contribution < -0.4 is 10.6 Å². The van der Waals surface area contributed by atoms with Crippen molar-refractivity contribution in [3.63, 3.8) is 0 Å². The fourth-order valence-corrected chi connectivity index (χ4v) is 1.87. The Morgan fingerprint density at radius 2 is 1.92 bits per heavy atom. The highest BCUT2D eigenvalue weighted by Crippen LogP contribution is 2.19. The molecule has 8 heteroatoms. The number of rotatable bonds is 5. The van der Waals surface area contributed by atoms with E-state index in [0.29, 0.717) is 0 Å². The second-order valence-electron chi connectivity index (χ2n) is 6.06. The summed E-state index contributed by atoms with van der Waals surface area (Å²) in [5.41, 5.74) is -1.55. The lowest BCUT2D eigenvalue weighted by Gasteiger charge is -2.23. The van der Waals surface area contributed by atoms with Gasteiger partial charge in [-0.05, 0) is 39.3 Å². The van der Waals surface area contributed by atoms with Gasteiger partial charge in [0.2, 0.25) is 5.91 Å². The third-order valence-corrected chi connectivity index (χ3v) is 2.90. The van der Waals surface area contributed by atoms with Crippen LogP contribution >= 0.6 is 0 Å². The molecule has 132 valence electrons. The molecule has 0 aromatic heterocycles. The Labute approximate surface area is 139 Å². The molecule has 2 amide bonds. The maximum Gasteiger partial charge on any atom is 0.408 e. The van der Waals surface area contributed by atoms with Crippen molar-refractivity contribution < 1.29 is 28.6 Å². The molecule has 1 rings (SSSR count). The van der Waals surface area contributed by atoms with E-state index >= 15 is 0 Å². The first-order valence-electron chi connectivity index (χ1n) is 7.37. The molecule has 0 saturated heterocycles. The minimum atomic E-state index is -1.50. The van der Waals surface area contributed by atoms with Gasteiger partial charge in [-0.1, -0.05) is 13.0 Å². The van der Waals surface area contributed by atoms with E-state index in [-0.39, 0.29) is 12.1 Å². The van der Waals surface area contributed by atoms with Gasteiger partial charge >= 0.3 is 12.1 Å². The topological polar surface area (TPSA) is 105 Å². The summed E-state index contributed by atoms with van der Waals surface area (Å²) < 4.78 is 18.7. The number of amides is 2. The smallest absolute Gasteiger partial charge is 0.408 e. The van der Waals surface area contributed by atoms with E-state index in [4.69, 9.17) is 9.84 Å². The van der Waals surface area contributed by atoms with E-state index in [1.54, 1.807) is 27.7 Å². The van der Waals surface area contributed by atoms with Gasteiger partial charge in [-0.2, -0.15) is 0 Å². The zero-order valence-corrected chi connectivity index (χ0v) is 14.0. The molecule has 0 heterocycles. The molecular weight excluding hydrogens is 319 g/mol. The van der Waals surface area contributed by atoms with Crippen LogP contribution in [0.5, 0.6) is 0 Å². The van der Waals surface area contributed by atoms with Crippen LogP contribution in [0.2, 0.25) is 0 Å². The van der Waals surface area contributed by atoms with Crippen molar-refractivity contribution in [3.8, 4) is 0 Å². The normalized spacial score (nSPS) is 12.2. The largest absolute Gasteiger partial charge is 0.478 e. The minimum Gasteiger partial charge on any atom is -0.478 e. The van der Waals surface area contributed by atoms with Crippen molar-refractivity contribution in [2.75, 3.05) is 5.32 Å². The Morgan fingerprint density at radius 3 is 2.42 bits per heavy atom. The Kier molecular flexibility index (Phi) is 6.27. The van der Waals surface area contributed by atoms with Gasteiger partial charge in [0.15, 0.2) is 0 Å². The van der Waals surface area contributed by atoms with E-state index in [1.165, 1.54) is 12.1 Å². The average molecular weight is 340 g/mol. The molecular formula is C16H21FN2O5. The van der Waals surface area contributed by atoms with Crippen LogP contribution in [0.1, 0.15) is 44.5 Å². The van der Waals surface area contributed by atoms with Crippen LogP contribution in [0.4, 0.5) is 14.9 Å². The van der Waals surface area contributed by atoms with Gasteiger partial charge in [0.1, 0.15) is 23.0 Å². The number of ether oxygens (including phenoxy) is 1. The van der Waals surface area contributed by atoms with Crippen LogP contribution in [0.25, 0.3) is 0 Å². The lowest BCUT2D eigenvalue weighted by atomic mass is 10.1. The predicted molar refractivity (Wildman–Crippen MR) is 85.4 cm³/mol. The number of nitrogens with one attached hydrogen (secondary N) is 2. The van der Waals surface area contributed by atoms with Gasteiger partial charge in [0, 0.05) is 0 Å². The monoisotopic (exact) mass is 340 g/mol. The first kappa shape index (κ1) is 19.4. The molecule has 0 aliphatic carbocycles. The van der Waals surface area contributed by atoms with Crippen LogP contribution in [0, 0.1) is 5.82 Å². The van der Waals surface area contributed by atoms with Gasteiger partial charge in [0.05, 0.1) is 5.69 Å². The first-order chi connectivity index (χ1) is 11.0. The summed E-state index contributed by atoms with van der Waals surface area (Å²) in [6.45, 7) is 6.70. The standard InChI is InChI=1S/C16H21FN2O5/c1-5-10(19-15(23)24-16(2,3)4)13(20)18-11-8-6-7-9(17)12(11)14(21)22/h6-8,10H,5H2,1-4H3,(H,18,20)(H,19,23)(H,21,22)/t10-/m0/s1. The van der Waals surface area contributed by atoms with Gasteiger partial charge in [-0.25, -0.2) is 14.0 Å². The van der Waals surface area contributed by atoms with Gasteiger partial charge in [-0.3, -0.25) is 4.79 Å². The highest BCUT2D eigenvalue weighted by molar-refractivity contribution is 6.02. The zero-order chi connectivity index (χ0) is 18.5. The minimum absolute atomic E-state index is 0.183. The van der Waals surface area contributed by atoms with Crippen molar-refractivity contribution in [1.29, 1.82) is 0 Å². The molecule has 3 N–H and O–H groups in total. The van der Waals surface area contributed by atoms with Gasteiger partial charge in [-0.15, -0.1) is 0 Å². The molecule has 24 heavy (non-hydrogen) atoms. The molecule has 0 fully saturated rings. The van der Waals surface area contributed by atoms with Crippen molar-refractivity contribution in [2.24, 2.45) is 0 Å². The van der Waals surface area contributed by atoms with Crippen LogP contribution in [-0.2, 0) is 9.53 Å². The Bertz CT molecular complexity index is 640. The molecule has 0 aliphatic heterocycles. The second-order valence-corrected chi connectivity index (χ2v) is 6.06. The molecule has 0 bridgehead atoms.